The number of nitrogens with zero attached hydrogens (tertiary/aromatic N) is 1. The second-order valence-corrected chi connectivity index (χ2v) is 6.63. The molecule has 0 fully saturated rings. The van der Waals surface area contributed by atoms with Gasteiger partial charge in [-0.15, -0.1) is 0 Å². The lowest BCUT2D eigenvalue weighted by molar-refractivity contribution is -0.359. The SMILES string of the molecule is CN(C)c1ccc(C(F)(F)C(F)(F)C(F)(F)F)c2c1C(=O)c1ccccc1C2=O. The topological polar surface area (TPSA) is 37.4 Å². The van der Waals surface area contributed by atoms with Gasteiger partial charge in [0, 0.05) is 42.0 Å². The molecule has 0 unspecified atom stereocenters. The minimum absolute atomic E-state index is 0.0669. The summed E-state index contributed by atoms with van der Waals surface area (Å²) in [5.74, 6) is -14.4. The number of alkyl halides is 7. The number of rotatable bonds is 3. The molecule has 29 heavy (non-hydrogen) atoms. The van der Waals surface area contributed by atoms with E-state index in [2.05, 4.69) is 0 Å². The van der Waals surface area contributed by atoms with Gasteiger partial charge in [-0.05, 0) is 12.1 Å². The average molecular weight is 419 g/mol. The Labute approximate surface area is 159 Å². The molecule has 0 aromatic heterocycles. The molecule has 0 amide bonds. The molecule has 0 radical (unpaired) electrons. The fraction of sp³-hybridized carbons (Fsp3) is 0.263. The summed E-state index contributed by atoms with van der Waals surface area (Å²) in [6.45, 7) is 0. The van der Waals surface area contributed by atoms with Gasteiger partial charge in [-0.3, -0.25) is 9.59 Å². The summed E-state index contributed by atoms with van der Waals surface area (Å²) >= 11 is 0. The Hall–Kier alpha value is -2.91. The van der Waals surface area contributed by atoms with Crippen molar-refractivity contribution >= 4 is 17.3 Å². The Morgan fingerprint density at radius 2 is 1.21 bits per heavy atom. The maximum Gasteiger partial charge on any atom is 0.460 e. The number of ketones is 2. The number of hydrogen-bond donors (Lipinski definition) is 0. The number of carbonyl (C=O) groups is 2. The molecule has 0 heterocycles. The normalized spacial score (nSPS) is 14.5. The van der Waals surface area contributed by atoms with Crippen LogP contribution in [0.25, 0.3) is 0 Å². The predicted octanol–water partition coefficient (Wildman–Crippen LogP) is 4.82. The lowest BCUT2D eigenvalue weighted by Gasteiger charge is -2.32. The van der Waals surface area contributed by atoms with Crippen LogP contribution < -0.4 is 4.90 Å². The Bertz CT molecular complexity index is 1030. The second kappa shape index (κ2) is 6.30. The molecule has 2 aromatic rings. The molecular formula is C19H12F7NO2. The van der Waals surface area contributed by atoms with Gasteiger partial charge in [-0.1, -0.05) is 24.3 Å². The monoisotopic (exact) mass is 419 g/mol. The molecule has 3 rings (SSSR count). The van der Waals surface area contributed by atoms with Crippen LogP contribution in [0.5, 0.6) is 0 Å². The Balaban J connectivity index is 2.40. The molecule has 2 aromatic carbocycles. The molecule has 3 nitrogen and oxygen atoms in total. The first-order valence-electron chi connectivity index (χ1n) is 8.09. The van der Waals surface area contributed by atoms with Crippen molar-refractivity contribution in [1.29, 1.82) is 0 Å². The fourth-order valence-corrected chi connectivity index (χ4v) is 3.19. The summed E-state index contributed by atoms with van der Waals surface area (Å²) in [7, 11) is 2.80. The van der Waals surface area contributed by atoms with E-state index in [-0.39, 0.29) is 16.8 Å². The van der Waals surface area contributed by atoms with Gasteiger partial charge < -0.3 is 4.90 Å². The van der Waals surface area contributed by atoms with E-state index in [1.807, 2.05) is 0 Å². The second-order valence-electron chi connectivity index (χ2n) is 6.63. The number of anilines is 1. The van der Waals surface area contributed by atoms with E-state index in [1.165, 1.54) is 37.2 Å². The highest BCUT2D eigenvalue weighted by Crippen LogP contribution is 2.54. The Morgan fingerprint density at radius 3 is 1.66 bits per heavy atom. The first-order chi connectivity index (χ1) is 13.2. The minimum Gasteiger partial charge on any atom is -0.377 e. The van der Waals surface area contributed by atoms with Crippen LogP contribution in [0.15, 0.2) is 36.4 Å². The number of carbonyl (C=O) groups excluding carboxylic acids is 2. The first kappa shape index (κ1) is 20.8. The molecular weight excluding hydrogens is 407 g/mol. The van der Waals surface area contributed by atoms with E-state index < -0.39 is 46.3 Å². The molecule has 0 atom stereocenters. The third-order valence-corrected chi connectivity index (χ3v) is 4.62. The van der Waals surface area contributed by atoms with Crippen molar-refractivity contribution in [1.82, 2.24) is 0 Å². The van der Waals surface area contributed by atoms with Crippen LogP contribution >= 0.6 is 0 Å². The smallest absolute Gasteiger partial charge is 0.377 e. The van der Waals surface area contributed by atoms with E-state index >= 15 is 0 Å². The largest absolute Gasteiger partial charge is 0.460 e. The van der Waals surface area contributed by atoms with E-state index in [9.17, 15) is 40.3 Å². The first-order valence-corrected chi connectivity index (χ1v) is 8.09. The zero-order valence-electron chi connectivity index (χ0n) is 14.9. The van der Waals surface area contributed by atoms with Gasteiger partial charge >= 0.3 is 18.0 Å². The molecule has 1 aliphatic carbocycles. The van der Waals surface area contributed by atoms with Gasteiger partial charge in [0.25, 0.3) is 0 Å². The average Bonchev–Trinajstić information content (AvgIpc) is 2.63. The van der Waals surface area contributed by atoms with Crippen molar-refractivity contribution in [3.63, 3.8) is 0 Å². The van der Waals surface area contributed by atoms with Crippen molar-refractivity contribution in [2.75, 3.05) is 19.0 Å². The molecule has 154 valence electrons. The van der Waals surface area contributed by atoms with Crippen LogP contribution in [0.2, 0.25) is 0 Å². The number of hydrogen-bond acceptors (Lipinski definition) is 3. The van der Waals surface area contributed by atoms with Gasteiger partial charge in [0.2, 0.25) is 0 Å². The number of benzene rings is 2. The summed E-state index contributed by atoms with van der Waals surface area (Å²) < 4.78 is 94.3. The van der Waals surface area contributed by atoms with Crippen LogP contribution in [0.4, 0.5) is 36.4 Å². The van der Waals surface area contributed by atoms with Gasteiger partial charge in [0.15, 0.2) is 11.6 Å². The zero-order valence-corrected chi connectivity index (χ0v) is 14.9. The molecule has 10 heteroatoms. The van der Waals surface area contributed by atoms with Gasteiger partial charge in [-0.2, -0.15) is 30.7 Å². The maximum absolute atomic E-state index is 14.5. The summed E-state index contributed by atoms with van der Waals surface area (Å²) in [5, 5.41) is 0. The van der Waals surface area contributed by atoms with Crippen LogP contribution in [0, 0.1) is 0 Å². The van der Waals surface area contributed by atoms with Crippen molar-refractivity contribution in [2.24, 2.45) is 0 Å². The lowest BCUT2D eigenvalue weighted by Crippen LogP contribution is -2.50. The summed E-state index contributed by atoms with van der Waals surface area (Å²) in [6.07, 6.45) is -6.58. The van der Waals surface area contributed by atoms with E-state index in [4.69, 9.17) is 0 Å². The van der Waals surface area contributed by atoms with Crippen LogP contribution in [-0.4, -0.2) is 37.8 Å². The Morgan fingerprint density at radius 1 is 0.724 bits per heavy atom. The van der Waals surface area contributed by atoms with Crippen molar-refractivity contribution in [3.05, 3.63) is 64.2 Å². The number of halogens is 7. The van der Waals surface area contributed by atoms with Crippen LogP contribution in [0.1, 0.15) is 37.4 Å². The molecule has 0 spiro atoms. The third-order valence-electron chi connectivity index (χ3n) is 4.62. The predicted molar refractivity (Wildman–Crippen MR) is 89.0 cm³/mol. The standard InChI is InChI=1S/C19H12F7NO2/c1-27(2)12-8-7-11(17(20,21)18(22,23)19(24,25)26)13-14(12)16(29)10-6-4-3-5-9(10)15(13)28/h3-8H,1-2H3. The maximum atomic E-state index is 14.5. The van der Waals surface area contributed by atoms with E-state index in [0.717, 1.165) is 12.1 Å². The quantitative estimate of drug-likeness (QED) is 0.572. The summed E-state index contributed by atoms with van der Waals surface area (Å²) in [4.78, 5) is 27.0. The van der Waals surface area contributed by atoms with Crippen LogP contribution in [-0.2, 0) is 5.92 Å². The Kier molecular flexibility index (Phi) is 4.52. The van der Waals surface area contributed by atoms with Crippen molar-refractivity contribution in [3.8, 4) is 0 Å². The lowest BCUT2D eigenvalue weighted by atomic mass is 9.79. The van der Waals surface area contributed by atoms with E-state index in [1.54, 1.807) is 0 Å². The van der Waals surface area contributed by atoms with E-state index in [0.29, 0.717) is 6.07 Å². The summed E-state index contributed by atoms with van der Waals surface area (Å²) in [5.41, 5.74) is -4.23. The third kappa shape index (κ3) is 2.80. The zero-order chi connectivity index (χ0) is 21.9. The van der Waals surface area contributed by atoms with Crippen molar-refractivity contribution < 1.29 is 40.3 Å². The highest BCUT2D eigenvalue weighted by molar-refractivity contribution is 6.30. The molecule has 0 bridgehead atoms. The van der Waals surface area contributed by atoms with Gasteiger partial charge in [0.05, 0.1) is 5.56 Å². The molecule has 0 saturated heterocycles. The van der Waals surface area contributed by atoms with Gasteiger partial charge in [-0.25, -0.2) is 0 Å². The van der Waals surface area contributed by atoms with Gasteiger partial charge in [0.1, 0.15) is 0 Å². The minimum atomic E-state index is -6.58. The van der Waals surface area contributed by atoms with Crippen molar-refractivity contribution in [2.45, 2.75) is 18.0 Å². The highest BCUT2D eigenvalue weighted by atomic mass is 19.4. The molecule has 0 N–H and O–H groups in total. The molecule has 0 aliphatic heterocycles. The highest BCUT2D eigenvalue weighted by Gasteiger charge is 2.74. The molecule has 1 aliphatic rings. The summed E-state index contributed by atoms with van der Waals surface area (Å²) in [6, 6.07) is 6.21. The number of fused-ring (bicyclic) bond motifs is 2. The fourth-order valence-electron chi connectivity index (χ4n) is 3.19. The van der Waals surface area contributed by atoms with Crippen LogP contribution in [0.3, 0.4) is 0 Å². The molecule has 0 saturated carbocycles.